The molecule has 1 saturated carbocycles. The molecule has 4 aliphatic heterocycles. The van der Waals surface area contributed by atoms with Gasteiger partial charge in [-0.1, -0.05) is 38.1 Å². The van der Waals surface area contributed by atoms with Crippen LogP contribution in [-0.2, 0) is 36.6 Å². The molecule has 1 spiro atoms. The summed E-state index contributed by atoms with van der Waals surface area (Å²) in [4.78, 5) is 62.3. The topological polar surface area (TPSA) is 178 Å². The summed E-state index contributed by atoms with van der Waals surface area (Å²) in [5, 5.41) is 13.1. The van der Waals surface area contributed by atoms with Gasteiger partial charge in [-0.25, -0.2) is 4.79 Å². The van der Waals surface area contributed by atoms with Gasteiger partial charge in [-0.05, 0) is 99.1 Å². The number of ether oxygens (including phenoxy) is 2. The van der Waals surface area contributed by atoms with E-state index in [-0.39, 0.29) is 62.2 Å². The van der Waals surface area contributed by atoms with Crippen LogP contribution in [0.2, 0.25) is 0 Å². The molecule has 8 rings (SSSR count). The molecule has 4 amide bonds. The number of benzene rings is 2. The monoisotopic (exact) mass is 964 g/mol. The first-order valence-electron chi connectivity index (χ1n) is 23.1. The largest absolute Gasteiger partial charge is 0.478 e. The van der Waals surface area contributed by atoms with Crippen LogP contribution in [0.1, 0.15) is 115 Å². The van der Waals surface area contributed by atoms with Crippen molar-refractivity contribution in [2.24, 2.45) is 22.5 Å². The summed E-state index contributed by atoms with van der Waals surface area (Å²) in [7, 11) is 0. The number of carbonyl (C=O) groups is 5. The maximum atomic E-state index is 13.2. The SMILES string of the molecule is CC.CC(CC(=O)N1CCC(c2ccc(C(=O)O)cc2)CC1)OCC1CCOCC1.NC=O.O=C(c1cnn(Cc2ccc(C(F)(F)F)cc2)c1)N1CCC2(C1)CN(C(=O)C1(C(F)(F)F)CC1)C2. The molecule has 5 fully saturated rings. The molecule has 68 heavy (non-hydrogen) atoms. The lowest BCUT2D eigenvalue weighted by atomic mass is 9.78. The molecule has 20 heteroatoms. The Balaban J connectivity index is 0.000000237. The van der Waals surface area contributed by atoms with Gasteiger partial charge in [0, 0.05) is 70.7 Å². The fraction of sp³-hybridized carbons (Fsp3) is 0.583. The molecule has 374 valence electrons. The zero-order valence-corrected chi connectivity index (χ0v) is 38.7. The Morgan fingerprint density at radius 1 is 0.853 bits per heavy atom. The third-order valence-corrected chi connectivity index (χ3v) is 13.2. The van der Waals surface area contributed by atoms with E-state index in [0.717, 1.165) is 69.7 Å². The first-order valence-corrected chi connectivity index (χ1v) is 23.1. The number of aromatic carboxylic acids is 1. The predicted molar refractivity (Wildman–Crippen MR) is 237 cm³/mol. The molecule has 0 radical (unpaired) electrons. The number of alkyl halides is 6. The number of nitrogens with two attached hydrogens (primary N) is 1. The Morgan fingerprint density at radius 2 is 1.44 bits per heavy atom. The first kappa shape index (κ1) is 53.5. The second kappa shape index (κ2) is 23.2. The molecule has 4 saturated heterocycles. The highest BCUT2D eigenvalue weighted by Crippen LogP contribution is 2.60. The Morgan fingerprint density at radius 3 is 1.99 bits per heavy atom. The number of carboxylic acids is 1. The molecule has 2 aromatic carbocycles. The summed E-state index contributed by atoms with van der Waals surface area (Å²) in [6, 6.07) is 11.8. The maximum Gasteiger partial charge on any atom is 0.416 e. The van der Waals surface area contributed by atoms with Crippen LogP contribution < -0.4 is 5.73 Å². The van der Waals surface area contributed by atoms with E-state index in [1.54, 1.807) is 17.0 Å². The summed E-state index contributed by atoms with van der Waals surface area (Å²) in [5.74, 6) is -0.938. The fourth-order valence-electron chi connectivity index (χ4n) is 9.06. The van der Waals surface area contributed by atoms with Gasteiger partial charge in [0.05, 0.1) is 42.0 Å². The van der Waals surface area contributed by atoms with Crippen molar-refractivity contribution in [1.82, 2.24) is 24.5 Å². The summed E-state index contributed by atoms with van der Waals surface area (Å²) in [6.07, 6.45) is -1.26. The van der Waals surface area contributed by atoms with Crippen molar-refractivity contribution in [3.05, 3.63) is 88.7 Å². The normalized spacial score (nSPS) is 19.2. The van der Waals surface area contributed by atoms with Gasteiger partial charge in [-0.2, -0.15) is 31.4 Å². The van der Waals surface area contributed by atoms with Gasteiger partial charge in [-0.3, -0.25) is 23.9 Å². The van der Waals surface area contributed by atoms with Crippen molar-refractivity contribution in [2.75, 3.05) is 59.1 Å². The number of carbonyl (C=O) groups excluding carboxylic acids is 4. The third kappa shape index (κ3) is 13.6. The highest BCUT2D eigenvalue weighted by Gasteiger charge is 2.71. The van der Waals surface area contributed by atoms with Crippen LogP contribution >= 0.6 is 0 Å². The molecule has 1 unspecified atom stereocenters. The van der Waals surface area contributed by atoms with E-state index in [9.17, 15) is 45.5 Å². The second-order valence-corrected chi connectivity index (χ2v) is 18.0. The van der Waals surface area contributed by atoms with Gasteiger partial charge in [0.15, 0.2) is 0 Å². The number of piperidine rings is 1. The molecule has 14 nitrogen and oxygen atoms in total. The minimum atomic E-state index is -4.54. The summed E-state index contributed by atoms with van der Waals surface area (Å²) in [5.41, 5.74) is 3.19. The Labute approximate surface area is 392 Å². The van der Waals surface area contributed by atoms with E-state index in [0.29, 0.717) is 61.1 Å². The summed E-state index contributed by atoms with van der Waals surface area (Å²) < 4.78 is 90.6. The maximum absolute atomic E-state index is 13.2. The molecule has 5 aliphatic rings. The van der Waals surface area contributed by atoms with Crippen LogP contribution in [0.3, 0.4) is 0 Å². The van der Waals surface area contributed by atoms with Crippen molar-refractivity contribution in [3.63, 3.8) is 0 Å². The number of hydrogen-bond acceptors (Lipinski definition) is 8. The van der Waals surface area contributed by atoms with Crippen LogP contribution in [0.5, 0.6) is 0 Å². The number of nitrogens with zero attached hydrogens (tertiary/aromatic N) is 5. The number of rotatable bonds is 11. The number of carboxylic acid groups (broad SMARTS) is 1. The van der Waals surface area contributed by atoms with Gasteiger partial charge in [0.25, 0.3) is 5.91 Å². The number of aromatic nitrogens is 2. The molecule has 5 heterocycles. The minimum absolute atomic E-state index is 0.0587. The van der Waals surface area contributed by atoms with Gasteiger partial charge in [0.2, 0.25) is 18.2 Å². The lowest BCUT2D eigenvalue weighted by Crippen LogP contribution is -2.62. The van der Waals surface area contributed by atoms with Crippen molar-refractivity contribution >= 4 is 30.1 Å². The zero-order chi connectivity index (χ0) is 49.9. The highest BCUT2D eigenvalue weighted by atomic mass is 19.4. The fourth-order valence-corrected chi connectivity index (χ4v) is 9.06. The molecule has 3 aromatic rings. The number of likely N-dealkylation sites (tertiary alicyclic amines) is 3. The number of amides is 4. The molecule has 1 atom stereocenters. The minimum Gasteiger partial charge on any atom is -0.478 e. The molecule has 1 aromatic heterocycles. The van der Waals surface area contributed by atoms with Gasteiger partial charge < -0.3 is 35.0 Å². The van der Waals surface area contributed by atoms with Crippen molar-refractivity contribution in [1.29, 1.82) is 0 Å². The molecule has 3 N–H and O–H groups in total. The molecular formula is C48H62F6N6O8. The zero-order valence-electron chi connectivity index (χ0n) is 38.7. The van der Waals surface area contributed by atoms with Crippen molar-refractivity contribution in [3.8, 4) is 0 Å². The Hall–Kier alpha value is -5.50. The average molecular weight is 965 g/mol. The number of hydrogen-bond donors (Lipinski definition) is 2. The lowest BCUT2D eigenvalue weighted by molar-refractivity contribution is -0.204. The van der Waals surface area contributed by atoms with Crippen LogP contribution in [0.25, 0.3) is 0 Å². The number of primary amides is 1. The Bertz CT molecular complexity index is 2140. The van der Waals surface area contributed by atoms with E-state index in [4.69, 9.17) is 19.4 Å². The molecule has 1 aliphatic carbocycles. The van der Waals surface area contributed by atoms with Gasteiger partial charge in [-0.15, -0.1) is 0 Å². The second-order valence-electron chi connectivity index (χ2n) is 18.0. The van der Waals surface area contributed by atoms with Crippen LogP contribution in [0, 0.1) is 16.7 Å². The van der Waals surface area contributed by atoms with Crippen LogP contribution in [0.15, 0.2) is 60.9 Å². The van der Waals surface area contributed by atoms with E-state index in [1.807, 2.05) is 37.8 Å². The third-order valence-electron chi connectivity index (χ3n) is 13.2. The molecular weight excluding hydrogens is 903 g/mol. The van der Waals surface area contributed by atoms with Gasteiger partial charge in [0.1, 0.15) is 5.41 Å². The van der Waals surface area contributed by atoms with E-state index in [2.05, 4.69) is 10.8 Å². The summed E-state index contributed by atoms with van der Waals surface area (Å²) in [6.45, 7) is 11.2. The van der Waals surface area contributed by atoms with Crippen LogP contribution in [-0.4, -0.2) is 131 Å². The summed E-state index contributed by atoms with van der Waals surface area (Å²) >= 11 is 0. The standard InChI is InChI=1S/C23H22F6N4O2.C22H31NO5.C2H6.CH3NO/c24-22(25,26)17-3-1-15(2-4-17)10-33-11-16(9-30-33)18(34)31-8-7-20(12-31)13-32(14-20)19(35)21(5-6-21)23(27,28)29;1-16(28-15-17-8-12-27-13-9-17)14-21(24)23-10-6-19(7-11-23)18-2-4-20(5-3-18)22(25)26;1-2;2-1-3/h1-4,9,11H,5-8,10,12-14H2;2-5,16-17,19H,6-15H2,1H3,(H,25,26);1-2H3;1H,(H2,2,3). The first-order chi connectivity index (χ1) is 32.3. The molecule has 0 bridgehead atoms. The predicted octanol–water partition coefficient (Wildman–Crippen LogP) is 7.41. The van der Waals surface area contributed by atoms with Crippen molar-refractivity contribution in [2.45, 2.75) is 103 Å². The average Bonchev–Trinajstić information content (AvgIpc) is 3.82. The van der Waals surface area contributed by atoms with Gasteiger partial charge >= 0.3 is 18.3 Å². The quantitative estimate of drug-likeness (QED) is 0.146. The number of halogens is 6. The van der Waals surface area contributed by atoms with E-state index >= 15 is 0 Å². The Kier molecular flexibility index (Phi) is 18.2. The lowest BCUT2D eigenvalue weighted by Gasteiger charge is -2.49. The van der Waals surface area contributed by atoms with E-state index in [1.165, 1.54) is 34.1 Å². The smallest absolute Gasteiger partial charge is 0.416 e. The van der Waals surface area contributed by atoms with Crippen LogP contribution in [0.4, 0.5) is 26.3 Å². The highest BCUT2D eigenvalue weighted by molar-refractivity contribution is 5.94. The van der Waals surface area contributed by atoms with E-state index < -0.39 is 35.2 Å². The van der Waals surface area contributed by atoms with Crippen molar-refractivity contribution < 1.29 is 64.9 Å².